The average Bonchev–Trinajstić information content (AvgIpc) is 3.02. The van der Waals surface area contributed by atoms with E-state index in [0.717, 1.165) is 29.8 Å². The first-order chi connectivity index (χ1) is 11.2. The number of ether oxygens (including phenoxy) is 1. The van der Waals surface area contributed by atoms with Gasteiger partial charge in [0.2, 0.25) is 0 Å². The minimum absolute atomic E-state index is 0.245. The molecule has 4 heteroatoms. The number of phenols is 1. The van der Waals surface area contributed by atoms with Gasteiger partial charge in [0.15, 0.2) is 0 Å². The summed E-state index contributed by atoms with van der Waals surface area (Å²) in [7, 11) is 1.63. The van der Waals surface area contributed by atoms with Crippen LogP contribution in [0.15, 0.2) is 48.7 Å². The van der Waals surface area contributed by atoms with Crippen LogP contribution in [-0.4, -0.2) is 23.2 Å². The molecule has 0 amide bonds. The Hall–Kier alpha value is -2.46. The van der Waals surface area contributed by atoms with Crippen molar-refractivity contribution in [1.82, 2.24) is 10.3 Å². The lowest BCUT2D eigenvalue weighted by atomic mass is 10.0. The van der Waals surface area contributed by atoms with Gasteiger partial charge >= 0.3 is 0 Å². The molecule has 0 fully saturated rings. The van der Waals surface area contributed by atoms with Crippen molar-refractivity contribution in [2.45, 2.75) is 25.9 Å². The molecule has 23 heavy (non-hydrogen) atoms. The van der Waals surface area contributed by atoms with Crippen LogP contribution in [0.3, 0.4) is 0 Å². The van der Waals surface area contributed by atoms with Crippen molar-refractivity contribution in [3.05, 3.63) is 59.8 Å². The van der Waals surface area contributed by atoms with Gasteiger partial charge in [0.1, 0.15) is 11.5 Å². The fourth-order valence-corrected chi connectivity index (χ4v) is 2.76. The number of aromatic amines is 1. The topological polar surface area (TPSA) is 57.3 Å². The molecule has 4 nitrogen and oxygen atoms in total. The molecule has 0 aliphatic heterocycles. The number of benzene rings is 2. The van der Waals surface area contributed by atoms with Crippen LogP contribution in [0.2, 0.25) is 0 Å². The van der Waals surface area contributed by atoms with Gasteiger partial charge < -0.3 is 20.1 Å². The zero-order valence-corrected chi connectivity index (χ0v) is 13.5. The Bertz CT molecular complexity index is 795. The molecule has 1 atom stereocenters. The highest BCUT2D eigenvalue weighted by atomic mass is 16.5. The monoisotopic (exact) mass is 310 g/mol. The highest BCUT2D eigenvalue weighted by molar-refractivity contribution is 5.79. The number of hydrogen-bond acceptors (Lipinski definition) is 3. The molecule has 3 N–H and O–H groups in total. The predicted octanol–water partition coefficient (Wildman–Crippen LogP) is 3.60. The van der Waals surface area contributed by atoms with Gasteiger partial charge in [0.05, 0.1) is 7.11 Å². The van der Waals surface area contributed by atoms with E-state index in [0.29, 0.717) is 5.75 Å². The van der Waals surface area contributed by atoms with Crippen LogP contribution in [0.4, 0.5) is 0 Å². The number of aromatic nitrogens is 1. The highest BCUT2D eigenvalue weighted by Crippen LogP contribution is 2.24. The summed E-state index contributed by atoms with van der Waals surface area (Å²) in [5.41, 5.74) is 3.30. The van der Waals surface area contributed by atoms with E-state index in [1.807, 2.05) is 12.3 Å². The van der Waals surface area contributed by atoms with Crippen molar-refractivity contribution >= 4 is 10.9 Å². The molecule has 0 saturated heterocycles. The number of rotatable bonds is 6. The summed E-state index contributed by atoms with van der Waals surface area (Å²) in [6.45, 7) is 2.92. The van der Waals surface area contributed by atoms with E-state index in [9.17, 15) is 5.11 Å². The average molecular weight is 310 g/mol. The van der Waals surface area contributed by atoms with E-state index in [4.69, 9.17) is 4.74 Å². The van der Waals surface area contributed by atoms with Gasteiger partial charge in [-0.2, -0.15) is 0 Å². The maximum absolute atomic E-state index is 9.97. The molecule has 0 aliphatic carbocycles. The molecule has 0 radical (unpaired) electrons. The van der Waals surface area contributed by atoms with E-state index in [1.165, 1.54) is 10.9 Å². The maximum Gasteiger partial charge on any atom is 0.119 e. The Labute approximate surface area is 136 Å². The van der Waals surface area contributed by atoms with Crippen LogP contribution in [0.1, 0.15) is 18.1 Å². The summed E-state index contributed by atoms with van der Waals surface area (Å²) >= 11 is 0. The lowest BCUT2D eigenvalue weighted by Gasteiger charge is -2.15. The number of methoxy groups -OCH3 is 1. The van der Waals surface area contributed by atoms with Crippen LogP contribution >= 0.6 is 0 Å². The summed E-state index contributed by atoms with van der Waals surface area (Å²) in [6, 6.07) is 14.1. The lowest BCUT2D eigenvalue weighted by molar-refractivity contribution is 0.409. The number of phenolic OH excluding ortho intramolecular Hbond substituents is 1. The van der Waals surface area contributed by atoms with E-state index in [2.05, 4.69) is 41.5 Å². The minimum Gasteiger partial charge on any atom is -0.508 e. The molecule has 0 bridgehead atoms. The number of aromatic hydroxyl groups is 1. The molecule has 1 heterocycles. The zero-order chi connectivity index (χ0) is 16.2. The van der Waals surface area contributed by atoms with E-state index >= 15 is 0 Å². The van der Waals surface area contributed by atoms with Gasteiger partial charge in [0.25, 0.3) is 0 Å². The molecule has 2 aromatic carbocycles. The lowest BCUT2D eigenvalue weighted by Crippen LogP contribution is -2.27. The summed E-state index contributed by atoms with van der Waals surface area (Å²) in [5, 5.41) is 14.7. The maximum atomic E-state index is 9.97. The molecule has 0 aliphatic rings. The summed E-state index contributed by atoms with van der Waals surface area (Å²) in [6.07, 6.45) is 2.70. The summed E-state index contributed by atoms with van der Waals surface area (Å²) < 4.78 is 5.22. The van der Waals surface area contributed by atoms with Crippen molar-refractivity contribution in [2.75, 3.05) is 7.11 Å². The normalized spacial score (nSPS) is 12.4. The minimum atomic E-state index is 0.245. The second kappa shape index (κ2) is 6.75. The van der Waals surface area contributed by atoms with Gasteiger partial charge in [0, 0.05) is 24.3 Å². The third-order valence-electron chi connectivity index (χ3n) is 4.09. The molecule has 1 unspecified atom stereocenters. The third kappa shape index (κ3) is 3.66. The smallest absolute Gasteiger partial charge is 0.119 e. The first-order valence-corrected chi connectivity index (χ1v) is 7.81. The quantitative estimate of drug-likeness (QED) is 0.652. The molecule has 0 spiro atoms. The largest absolute Gasteiger partial charge is 0.508 e. The van der Waals surface area contributed by atoms with Crippen LogP contribution < -0.4 is 10.1 Å². The molecule has 3 rings (SSSR count). The van der Waals surface area contributed by atoms with Gasteiger partial charge in [-0.3, -0.25) is 0 Å². The van der Waals surface area contributed by atoms with E-state index in [1.54, 1.807) is 19.2 Å². The van der Waals surface area contributed by atoms with Crippen molar-refractivity contribution in [3.8, 4) is 11.5 Å². The van der Waals surface area contributed by atoms with Crippen LogP contribution in [0, 0.1) is 0 Å². The Morgan fingerprint density at radius 1 is 1.17 bits per heavy atom. The van der Waals surface area contributed by atoms with Crippen molar-refractivity contribution in [1.29, 1.82) is 0 Å². The second-order valence-corrected chi connectivity index (χ2v) is 5.88. The molecule has 0 saturated carbocycles. The van der Waals surface area contributed by atoms with Crippen LogP contribution in [0.5, 0.6) is 11.5 Å². The highest BCUT2D eigenvalue weighted by Gasteiger charge is 2.09. The fraction of sp³-hybridized carbons (Fsp3) is 0.263. The molecule has 120 valence electrons. The fourth-order valence-electron chi connectivity index (χ4n) is 2.76. The predicted molar refractivity (Wildman–Crippen MR) is 93.0 cm³/mol. The number of nitrogens with one attached hydrogen (secondary N) is 2. The summed E-state index contributed by atoms with van der Waals surface area (Å²) in [5.74, 6) is 1.08. The van der Waals surface area contributed by atoms with Crippen molar-refractivity contribution in [2.24, 2.45) is 0 Å². The van der Waals surface area contributed by atoms with Crippen LogP contribution in [-0.2, 0) is 13.0 Å². The van der Waals surface area contributed by atoms with Crippen molar-refractivity contribution in [3.63, 3.8) is 0 Å². The van der Waals surface area contributed by atoms with E-state index < -0.39 is 0 Å². The Balaban J connectivity index is 1.61. The van der Waals surface area contributed by atoms with Crippen LogP contribution in [0.25, 0.3) is 10.9 Å². The Kier molecular flexibility index (Phi) is 4.53. The molecule has 1 aromatic heterocycles. The Morgan fingerprint density at radius 2 is 2.04 bits per heavy atom. The SMILES string of the molecule is COc1ccc(O)c(CC(C)NCc2ccc3[nH]ccc3c2)c1. The standard InChI is InChI=1S/C19H22N2O2/c1-13(9-16-11-17(23-2)4-6-19(16)22)21-12-14-3-5-18-15(10-14)7-8-20-18/h3-8,10-11,13,20-22H,9,12H2,1-2H3. The number of fused-ring (bicyclic) bond motifs is 1. The third-order valence-corrected chi connectivity index (χ3v) is 4.09. The number of H-pyrrole nitrogens is 1. The van der Waals surface area contributed by atoms with Gasteiger partial charge in [-0.1, -0.05) is 6.07 Å². The zero-order valence-electron chi connectivity index (χ0n) is 13.5. The first-order valence-electron chi connectivity index (χ1n) is 7.81. The molecular weight excluding hydrogens is 288 g/mol. The second-order valence-electron chi connectivity index (χ2n) is 5.88. The van der Waals surface area contributed by atoms with Gasteiger partial charge in [-0.25, -0.2) is 0 Å². The van der Waals surface area contributed by atoms with E-state index in [-0.39, 0.29) is 6.04 Å². The first kappa shape index (κ1) is 15.4. The Morgan fingerprint density at radius 3 is 2.87 bits per heavy atom. The van der Waals surface area contributed by atoms with Crippen molar-refractivity contribution < 1.29 is 9.84 Å². The van der Waals surface area contributed by atoms with Gasteiger partial charge in [-0.15, -0.1) is 0 Å². The molecular formula is C19H22N2O2. The summed E-state index contributed by atoms with van der Waals surface area (Å²) in [4.78, 5) is 3.20. The van der Waals surface area contributed by atoms with Gasteiger partial charge in [-0.05, 0) is 66.3 Å². The molecule has 3 aromatic rings. The number of hydrogen-bond donors (Lipinski definition) is 3.